The maximum atomic E-state index is 6.13. The lowest BCUT2D eigenvalue weighted by Crippen LogP contribution is -1.91. The van der Waals surface area contributed by atoms with E-state index in [0.29, 0.717) is 5.02 Å². The summed E-state index contributed by atoms with van der Waals surface area (Å²) in [4.78, 5) is 4.50. The molecule has 1 nitrogen and oxygen atoms in total. The molecule has 0 aliphatic heterocycles. The second-order valence-electron chi connectivity index (χ2n) is 3.39. The van der Waals surface area contributed by atoms with Gasteiger partial charge in [0, 0.05) is 14.3 Å². The van der Waals surface area contributed by atoms with E-state index in [2.05, 4.69) is 36.8 Å². The second-order valence-corrected chi connectivity index (χ2v) is 5.42. The molecule has 15 heavy (non-hydrogen) atoms. The molecular weight excluding hydrogens is 341 g/mol. The fourth-order valence-electron chi connectivity index (χ4n) is 1.49. The van der Waals surface area contributed by atoms with Gasteiger partial charge in [-0.2, -0.15) is 0 Å². The third-order valence-corrected chi connectivity index (χ3v) is 4.76. The number of hydrogen-bond donors (Lipinski definition) is 0. The Morgan fingerprint density at radius 1 is 1.20 bits per heavy atom. The molecule has 0 aliphatic carbocycles. The summed E-state index contributed by atoms with van der Waals surface area (Å²) in [5.41, 5.74) is 2.96. The zero-order valence-corrected chi connectivity index (χ0v) is 12.2. The van der Waals surface area contributed by atoms with E-state index in [0.717, 1.165) is 31.1 Å². The number of halogens is 3. The fourth-order valence-corrected chi connectivity index (χ4v) is 2.56. The Morgan fingerprint density at radius 2 is 1.87 bits per heavy atom. The van der Waals surface area contributed by atoms with Gasteiger partial charge in [-0.1, -0.05) is 33.6 Å². The quantitative estimate of drug-likeness (QED) is 0.650. The van der Waals surface area contributed by atoms with Crippen molar-refractivity contribution in [3.63, 3.8) is 0 Å². The molecule has 0 atom stereocenters. The zero-order valence-electron chi connectivity index (χ0n) is 8.24. The van der Waals surface area contributed by atoms with Gasteiger partial charge in [0.05, 0.1) is 16.2 Å². The Morgan fingerprint density at radius 3 is 2.53 bits per heavy atom. The Hall–Kier alpha value is -0.120. The highest BCUT2D eigenvalue weighted by atomic mass is 79.9. The highest BCUT2D eigenvalue weighted by Gasteiger charge is 2.11. The predicted octanol–water partition coefficient (Wildman–Crippen LogP) is 5.03. The molecule has 1 aromatic carbocycles. The van der Waals surface area contributed by atoms with Gasteiger partial charge < -0.3 is 0 Å². The minimum atomic E-state index is 0.684. The van der Waals surface area contributed by atoms with E-state index in [1.54, 1.807) is 0 Å². The fraction of sp³-hybridized carbons (Fsp3) is 0.182. The van der Waals surface area contributed by atoms with E-state index in [-0.39, 0.29) is 0 Å². The van der Waals surface area contributed by atoms with Gasteiger partial charge in [0.15, 0.2) is 0 Å². The maximum Gasteiger partial charge on any atom is 0.0767 e. The first-order chi connectivity index (χ1) is 7.02. The van der Waals surface area contributed by atoms with Gasteiger partial charge in [0.2, 0.25) is 0 Å². The molecule has 1 aromatic heterocycles. The molecule has 2 aromatic rings. The van der Waals surface area contributed by atoms with Crippen molar-refractivity contribution in [3.05, 3.63) is 37.4 Å². The molecular formula is C11H8Br2ClN. The first-order valence-electron chi connectivity index (χ1n) is 4.42. The number of benzene rings is 1. The van der Waals surface area contributed by atoms with Crippen LogP contribution in [0.1, 0.15) is 11.3 Å². The summed E-state index contributed by atoms with van der Waals surface area (Å²) in [6.07, 6.45) is 0. The third-order valence-electron chi connectivity index (χ3n) is 2.39. The highest BCUT2D eigenvalue weighted by Crippen LogP contribution is 2.35. The van der Waals surface area contributed by atoms with Crippen LogP contribution >= 0.6 is 43.5 Å². The molecule has 4 heteroatoms. The van der Waals surface area contributed by atoms with Gasteiger partial charge in [-0.15, -0.1) is 0 Å². The summed E-state index contributed by atoms with van der Waals surface area (Å²) >= 11 is 13.1. The smallest absolute Gasteiger partial charge is 0.0767 e. The van der Waals surface area contributed by atoms with Crippen LogP contribution in [0.25, 0.3) is 10.9 Å². The van der Waals surface area contributed by atoms with E-state index < -0.39 is 0 Å². The van der Waals surface area contributed by atoms with Gasteiger partial charge >= 0.3 is 0 Å². The number of pyridine rings is 1. The molecule has 2 rings (SSSR count). The van der Waals surface area contributed by atoms with Crippen molar-refractivity contribution >= 4 is 54.4 Å². The van der Waals surface area contributed by atoms with Crippen LogP contribution < -0.4 is 0 Å². The van der Waals surface area contributed by atoms with Crippen molar-refractivity contribution in [2.24, 2.45) is 0 Å². The normalized spacial score (nSPS) is 11.0. The van der Waals surface area contributed by atoms with Crippen molar-refractivity contribution in [3.8, 4) is 0 Å². The summed E-state index contributed by atoms with van der Waals surface area (Å²) in [7, 11) is 0. The summed E-state index contributed by atoms with van der Waals surface area (Å²) in [6, 6.07) is 4.02. The molecule has 0 saturated heterocycles. The standard InChI is InChI=1S/C11H8Br2ClN/c1-5-8(12)4-3-7-9(13)10(14)6(2)15-11(5)7/h3-4H,1-2H3. The molecule has 0 N–H and O–H groups in total. The average Bonchev–Trinajstić information content (AvgIpc) is 2.21. The van der Waals surface area contributed by atoms with Crippen LogP contribution in [0.3, 0.4) is 0 Å². The molecule has 1 heterocycles. The minimum absolute atomic E-state index is 0.684. The van der Waals surface area contributed by atoms with E-state index in [1.165, 1.54) is 0 Å². The molecule has 0 unspecified atom stereocenters. The minimum Gasteiger partial charge on any atom is -0.251 e. The monoisotopic (exact) mass is 347 g/mol. The first-order valence-corrected chi connectivity index (χ1v) is 6.39. The largest absolute Gasteiger partial charge is 0.251 e. The summed E-state index contributed by atoms with van der Waals surface area (Å²) < 4.78 is 1.98. The van der Waals surface area contributed by atoms with E-state index in [9.17, 15) is 0 Å². The average molecular weight is 349 g/mol. The molecule has 78 valence electrons. The third kappa shape index (κ3) is 1.81. The van der Waals surface area contributed by atoms with Gasteiger partial charge in [-0.25, -0.2) is 0 Å². The molecule has 0 aliphatic rings. The Kier molecular flexibility index (Phi) is 3.06. The number of nitrogens with zero attached hydrogens (tertiary/aromatic N) is 1. The molecule has 0 bridgehead atoms. The van der Waals surface area contributed by atoms with Crippen molar-refractivity contribution in [1.82, 2.24) is 4.98 Å². The summed E-state index contributed by atoms with van der Waals surface area (Å²) in [6.45, 7) is 3.95. The lowest BCUT2D eigenvalue weighted by Gasteiger charge is -2.09. The topological polar surface area (TPSA) is 12.9 Å². The van der Waals surface area contributed by atoms with E-state index >= 15 is 0 Å². The van der Waals surface area contributed by atoms with Gasteiger partial charge in [-0.05, 0) is 41.4 Å². The van der Waals surface area contributed by atoms with Crippen molar-refractivity contribution in [2.45, 2.75) is 13.8 Å². The molecule has 0 spiro atoms. The lowest BCUT2D eigenvalue weighted by molar-refractivity contribution is 1.23. The Bertz CT molecular complexity index is 552. The van der Waals surface area contributed by atoms with Crippen LogP contribution in [0.15, 0.2) is 21.1 Å². The van der Waals surface area contributed by atoms with Crippen LogP contribution in [-0.4, -0.2) is 4.98 Å². The van der Waals surface area contributed by atoms with Gasteiger partial charge in [-0.3, -0.25) is 4.98 Å². The number of aromatic nitrogens is 1. The SMILES string of the molecule is Cc1nc2c(C)c(Br)ccc2c(Br)c1Cl. The van der Waals surface area contributed by atoms with Crippen LogP contribution in [0.4, 0.5) is 0 Å². The Balaban J connectivity index is 2.98. The van der Waals surface area contributed by atoms with Crippen LogP contribution in [0.5, 0.6) is 0 Å². The van der Waals surface area contributed by atoms with Crippen LogP contribution in [0.2, 0.25) is 5.02 Å². The van der Waals surface area contributed by atoms with Crippen LogP contribution in [0, 0.1) is 13.8 Å². The summed E-state index contributed by atoms with van der Waals surface area (Å²) in [5, 5.41) is 1.73. The predicted molar refractivity (Wildman–Crippen MR) is 71.6 cm³/mol. The number of aryl methyl sites for hydroxylation is 2. The zero-order chi connectivity index (χ0) is 11.2. The maximum absolute atomic E-state index is 6.13. The molecule has 0 radical (unpaired) electrons. The molecule has 0 saturated carbocycles. The van der Waals surface area contributed by atoms with E-state index in [1.807, 2.05) is 26.0 Å². The molecule has 0 amide bonds. The van der Waals surface area contributed by atoms with Crippen LogP contribution in [-0.2, 0) is 0 Å². The van der Waals surface area contributed by atoms with Gasteiger partial charge in [0.25, 0.3) is 0 Å². The first kappa shape index (κ1) is 11.4. The Labute approximate surface area is 110 Å². The van der Waals surface area contributed by atoms with Gasteiger partial charge in [0.1, 0.15) is 0 Å². The van der Waals surface area contributed by atoms with Crippen molar-refractivity contribution < 1.29 is 0 Å². The number of rotatable bonds is 0. The second kappa shape index (κ2) is 4.04. The molecule has 0 fully saturated rings. The van der Waals surface area contributed by atoms with Crippen molar-refractivity contribution in [2.75, 3.05) is 0 Å². The number of fused-ring (bicyclic) bond motifs is 1. The van der Waals surface area contributed by atoms with Crippen molar-refractivity contribution in [1.29, 1.82) is 0 Å². The number of hydrogen-bond acceptors (Lipinski definition) is 1. The lowest BCUT2D eigenvalue weighted by atomic mass is 10.1. The van der Waals surface area contributed by atoms with E-state index in [4.69, 9.17) is 11.6 Å². The summed E-state index contributed by atoms with van der Waals surface area (Å²) in [5.74, 6) is 0. The highest BCUT2D eigenvalue weighted by molar-refractivity contribution is 9.11.